The molecule has 29 heavy (non-hydrogen) atoms. The van der Waals surface area contributed by atoms with E-state index in [1.807, 2.05) is 36.6 Å². The van der Waals surface area contributed by atoms with E-state index in [1.54, 1.807) is 11.3 Å². The third-order valence-corrected chi connectivity index (χ3v) is 6.74. The van der Waals surface area contributed by atoms with Crippen molar-refractivity contribution in [3.63, 3.8) is 0 Å². The van der Waals surface area contributed by atoms with Crippen LogP contribution in [0, 0.1) is 0 Å². The Morgan fingerprint density at radius 3 is 2.86 bits per heavy atom. The third-order valence-electron chi connectivity index (χ3n) is 5.75. The van der Waals surface area contributed by atoms with Crippen LogP contribution < -0.4 is 10.6 Å². The molecule has 6 nitrogen and oxygen atoms in total. The highest BCUT2D eigenvalue weighted by atomic mass is 32.1. The van der Waals surface area contributed by atoms with Crippen LogP contribution in [0.25, 0.3) is 0 Å². The Morgan fingerprint density at radius 2 is 2.07 bits per heavy atom. The van der Waals surface area contributed by atoms with Crippen molar-refractivity contribution in [2.45, 2.75) is 50.6 Å². The molecule has 4 amide bonds. The van der Waals surface area contributed by atoms with Crippen molar-refractivity contribution in [3.8, 4) is 0 Å². The SMILES string of the molecule is C[C@@H](CCc1ccccc1)NC(=O)CN1C(=O)N[C@]2(CCCc3sccc32)C1=O. The molecule has 0 bridgehead atoms. The van der Waals surface area contributed by atoms with Crippen LogP contribution in [0.2, 0.25) is 0 Å². The first kappa shape index (κ1) is 19.6. The van der Waals surface area contributed by atoms with E-state index in [4.69, 9.17) is 0 Å². The van der Waals surface area contributed by atoms with Gasteiger partial charge in [-0.3, -0.25) is 14.5 Å². The Hall–Kier alpha value is -2.67. The topological polar surface area (TPSA) is 78.5 Å². The van der Waals surface area contributed by atoms with E-state index in [2.05, 4.69) is 22.8 Å². The summed E-state index contributed by atoms with van der Waals surface area (Å²) in [6.45, 7) is 1.69. The number of fused-ring (bicyclic) bond motifs is 2. The van der Waals surface area contributed by atoms with Crippen LogP contribution in [0.15, 0.2) is 41.8 Å². The molecule has 0 radical (unpaired) electrons. The number of hydrogen-bond acceptors (Lipinski definition) is 4. The zero-order chi connectivity index (χ0) is 20.4. The number of carbonyl (C=O) groups excluding carboxylic acids is 3. The van der Waals surface area contributed by atoms with Gasteiger partial charge >= 0.3 is 6.03 Å². The first-order valence-corrected chi connectivity index (χ1v) is 10.9. The molecule has 1 saturated heterocycles. The Kier molecular flexibility index (Phi) is 5.41. The molecule has 1 fully saturated rings. The van der Waals surface area contributed by atoms with Crippen molar-refractivity contribution < 1.29 is 14.4 Å². The molecule has 2 N–H and O–H groups in total. The quantitative estimate of drug-likeness (QED) is 0.718. The average Bonchev–Trinajstić information content (AvgIpc) is 3.28. The Labute approximate surface area is 174 Å². The zero-order valence-electron chi connectivity index (χ0n) is 16.4. The fourth-order valence-corrected chi connectivity index (χ4v) is 5.25. The van der Waals surface area contributed by atoms with Crippen molar-refractivity contribution in [2.24, 2.45) is 0 Å². The van der Waals surface area contributed by atoms with Crippen LogP contribution in [-0.4, -0.2) is 35.3 Å². The summed E-state index contributed by atoms with van der Waals surface area (Å²) in [4.78, 5) is 40.4. The van der Waals surface area contributed by atoms with Crippen LogP contribution in [0.5, 0.6) is 0 Å². The highest BCUT2D eigenvalue weighted by Crippen LogP contribution is 2.41. The molecule has 2 aromatic rings. The number of carbonyl (C=O) groups is 3. The van der Waals surface area contributed by atoms with Crippen LogP contribution in [-0.2, 0) is 28.0 Å². The Balaban J connectivity index is 1.37. The van der Waals surface area contributed by atoms with Gasteiger partial charge in [0.05, 0.1) is 0 Å². The highest BCUT2D eigenvalue weighted by Gasteiger charge is 2.54. The van der Waals surface area contributed by atoms with Crippen molar-refractivity contribution in [3.05, 3.63) is 57.8 Å². The maximum absolute atomic E-state index is 13.2. The molecule has 0 saturated carbocycles. The predicted molar refractivity (Wildman–Crippen MR) is 112 cm³/mol. The molecule has 1 aromatic heterocycles. The second kappa shape index (κ2) is 7.99. The molecule has 1 aliphatic carbocycles. The third kappa shape index (κ3) is 3.79. The van der Waals surface area contributed by atoms with Crippen molar-refractivity contribution in [1.82, 2.24) is 15.5 Å². The molecular formula is C22H25N3O3S. The lowest BCUT2D eigenvalue weighted by Gasteiger charge is -2.31. The van der Waals surface area contributed by atoms with E-state index in [9.17, 15) is 14.4 Å². The fourth-order valence-electron chi connectivity index (χ4n) is 4.25. The lowest BCUT2D eigenvalue weighted by atomic mass is 9.80. The number of rotatable bonds is 6. The maximum atomic E-state index is 13.2. The Morgan fingerprint density at radius 1 is 1.28 bits per heavy atom. The summed E-state index contributed by atoms with van der Waals surface area (Å²) in [5.41, 5.74) is 1.11. The number of nitrogens with zero attached hydrogens (tertiary/aromatic N) is 1. The van der Waals surface area contributed by atoms with E-state index >= 15 is 0 Å². The lowest BCUT2D eigenvalue weighted by Crippen LogP contribution is -2.47. The van der Waals surface area contributed by atoms with Crippen molar-refractivity contribution in [1.29, 1.82) is 0 Å². The number of urea groups is 1. The van der Waals surface area contributed by atoms with Crippen molar-refractivity contribution >= 4 is 29.2 Å². The summed E-state index contributed by atoms with van der Waals surface area (Å²) in [7, 11) is 0. The van der Waals surface area contributed by atoms with E-state index in [0.717, 1.165) is 41.0 Å². The van der Waals surface area contributed by atoms with Gasteiger partial charge in [-0.25, -0.2) is 4.79 Å². The second-order valence-electron chi connectivity index (χ2n) is 7.83. The monoisotopic (exact) mass is 411 g/mol. The van der Waals surface area contributed by atoms with Crippen LogP contribution in [0.4, 0.5) is 4.79 Å². The van der Waals surface area contributed by atoms with Gasteiger partial charge in [0, 0.05) is 16.5 Å². The average molecular weight is 412 g/mol. The smallest absolute Gasteiger partial charge is 0.325 e. The molecule has 152 valence electrons. The first-order valence-electron chi connectivity index (χ1n) is 10.0. The molecule has 2 aliphatic rings. The number of nitrogens with one attached hydrogen (secondary N) is 2. The summed E-state index contributed by atoms with van der Waals surface area (Å²) in [6.07, 6.45) is 3.99. The number of aryl methyl sites for hydroxylation is 2. The molecule has 2 heterocycles. The molecule has 7 heteroatoms. The van der Waals surface area contributed by atoms with Gasteiger partial charge in [0.2, 0.25) is 5.91 Å². The minimum absolute atomic E-state index is 0.0458. The van der Waals surface area contributed by atoms with Gasteiger partial charge in [0.15, 0.2) is 0 Å². The first-order chi connectivity index (χ1) is 14.0. The van der Waals surface area contributed by atoms with E-state index in [1.165, 1.54) is 5.56 Å². The molecule has 2 atom stereocenters. The predicted octanol–water partition coefficient (Wildman–Crippen LogP) is 2.97. The number of amides is 4. The molecule has 4 rings (SSSR count). The lowest BCUT2D eigenvalue weighted by molar-refractivity contribution is -0.135. The van der Waals surface area contributed by atoms with Crippen LogP contribution in [0.3, 0.4) is 0 Å². The summed E-state index contributed by atoms with van der Waals surface area (Å²) in [6, 6.07) is 11.5. The molecular weight excluding hydrogens is 386 g/mol. The van der Waals surface area contributed by atoms with E-state index in [0.29, 0.717) is 6.42 Å². The van der Waals surface area contributed by atoms with Gasteiger partial charge < -0.3 is 10.6 Å². The summed E-state index contributed by atoms with van der Waals surface area (Å²) >= 11 is 1.62. The zero-order valence-corrected chi connectivity index (χ0v) is 17.3. The minimum Gasteiger partial charge on any atom is -0.352 e. The van der Waals surface area contributed by atoms with Gasteiger partial charge in [0.1, 0.15) is 12.1 Å². The second-order valence-corrected chi connectivity index (χ2v) is 8.83. The van der Waals surface area contributed by atoms with Gasteiger partial charge in [0.25, 0.3) is 5.91 Å². The van der Waals surface area contributed by atoms with Crippen LogP contribution in [0.1, 0.15) is 42.2 Å². The highest BCUT2D eigenvalue weighted by molar-refractivity contribution is 7.10. The maximum Gasteiger partial charge on any atom is 0.325 e. The fraction of sp³-hybridized carbons (Fsp3) is 0.409. The van der Waals surface area contributed by atoms with Crippen molar-refractivity contribution in [2.75, 3.05) is 6.54 Å². The number of benzene rings is 1. The van der Waals surface area contributed by atoms with Gasteiger partial charge in [-0.05, 0) is 56.0 Å². The normalized spacial score (nSPS) is 21.8. The van der Waals surface area contributed by atoms with Gasteiger partial charge in [-0.1, -0.05) is 30.3 Å². The summed E-state index contributed by atoms with van der Waals surface area (Å²) in [5.74, 6) is -0.624. The Bertz CT molecular complexity index is 926. The standard InChI is InChI=1S/C22H25N3O3S/c1-15(9-10-16-6-3-2-4-7-16)23-19(26)14-25-20(27)22(24-21(25)28)12-5-8-18-17(22)11-13-29-18/h2-4,6-7,11,13,15H,5,8-10,12,14H2,1H3,(H,23,26)(H,24,28)/t15-,22-/m0/s1. The number of imide groups is 1. The molecule has 0 unspecified atom stereocenters. The summed E-state index contributed by atoms with van der Waals surface area (Å²) in [5, 5.41) is 7.75. The number of hydrogen-bond donors (Lipinski definition) is 2. The molecule has 1 spiro atoms. The molecule has 1 aliphatic heterocycles. The van der Waals surface area contributed by atoms with Gasteiger partial charge in [-0.15, -0.1) is 11.3 Å². The van der Waals surface area contributed by atoms with E-state index in [-0.39, 0.29) is 24.4 Å². The number of thiophene rings is 1. The van der Waals surface area contributed by atoms with Crippen LogP contribution >= 0.6 is 11.3 Å². The molecule has 1 aromatic carbocycles. The minimum atomic E-state index is -0.996. The van der Waals surface area contributed by atoms with E-state index < -0.39 is 11.6 Å². The summed E-state index contributed by atoms with van der Waals surface area (Å²) < 4.78 is 0. The largest absolute Gasteiger partial charge is 0.352 e. The van der Waals surface area contributed by atoms with Gasteiger partial charge in [-0.2, -0.15) is 0 Å².